The molecule has 0 bridgehead atoms. The van der Waals surface area contributed by atoms with E-state index in [0.717, 1.165) is 29.1 Å². The number of hydrogen-bond acceptors (Lipinski definition) is 6. The van der Waals surface area contributed by atoms with Crippen molar-refractivity contribution in [3.8, 4) is 17.6 Å². The van der Waals surface area contributed by atoms with Gasteiger partial charge in [0.2, 0.25) is 0 Å². The van der Waals surface area contributed by atoms with Gasteiger partial charge in [0.1, 0.15) is 0 Å². The third-order valence-corrected chi connectivity index (χ3v) is 5.34. The van der Waals surface area contributed by atoms with E-state index in [1.54, 1.807) is 14.2 Å². The first-order valence-corrected chi connectivity index (χ1v) is 9.30. The van der Waals surface area contributed by atoms with E-state index in [2.05, 4.69) is 11.4 Å². The molecule has 0 unspecified atom stereocenters. The van der Waals surface area contributed by atoms with Gasteiger partial charge in [0, 0.05) is 17.7 Å². The van der Waals surface area contributed by atoms with E-state index >= 15 is 0 Å². The number of ether oxygens (including phenoxy) is 2. The van der Waals surface area contributed by atoms with Crippen LogP contribution in [0.3, 0.4) is 0 Å². The van der Waals surface area contributed by atoms with Crippen LogP contribution in [0.4, 0.5) is 0 Å². The van der Waals surface area contributed by atoms with Gasteiger partial charge in [0.05, 0.1) is 36.8 Å². The Morgan fingerprint density at radius 1 is 1.24 bits per heavy atom. The smallest absolute Gasteiger partial charge is 0.161 e. The predicted molar refractivity (Wildman–Crippen MR) is 97.5 cm³/mol. The van der Waals surface area contributed by atoms with E-state index in [0.29, 0.717) is 29.1 Å². The highest BCUT2D eigenvalue weighted by atomic mass is 32.2. The zero-order valence-corrected chi connectivity index (χ0v) is 15.3. The molecule has 2 aliphatic rings. The largest absolute Gasteiger partial charge is 0.493 e. The number of dihydropyridines is 1. The Bertz CT molecular complexity index is 820. The van der Waals surface area contributed by atoms with Gasteiger partial charge in [-0.1, -0.05) is 6.07 Å². The highest BCUT2D eigenvalue weighted by Crippen LogP contribution is 2.45. The summed E-state index contributed by atoms with van der Waals surface area (Å²) < 4.78 is 10.7. The quantitative estimate of drug-likeness (QED) is 0.890. The third-order valence-electron chi connectivity index (χ3n) is 4.61. The summed E-state index contributed by atoms with van der Waals surface area (Å²) in [4.78, 5) is 12.7. The lowest BCUT2D eigenvalue weighted by molar-refractivity contribution is -0.116. The standard InChI is InChI=1S/C19H20N2O3S/c1-23-15-8-7-11(9-16(15)24-2)17-12(10-20)19(25-3)21-13-5-4-6-14(22)18(13)17/h7-9,17,21H,4-6H2,1-3H3/t17-/m0/s1. The van der Waals surface area contributed by atoms with Gasteiger partial charge in [-0.15, -0.1) is 11.8 Å². The van der Waals surface area contributed by atoms with Crippen molar-refractivity contribution in [1.29, 1.82) is 5.26 Å². The van der Waals surface area contributed by atoms with Crippen molar-refractivity contribution in [1.82, 2.24) is 5.32 Å². The summed E-state index contributed by atoms with van der Waals surface area (Å²) in [7, 11) is 3.16. The summed E-state index contributed by atoms with van der Waals surface area (Å²) in [5.74, 6) is 0.960. The number of nitriles is 1. The lowest BCUT2D eigenvalue weighted by Gasteiger charge is -2.33. The first-order valence-electron chi connectivity index (χ1n) is 8.08. The molecule has 1 atom stereocenters. The summed E-state index contributed by atoms with van der Waals surface area (Å²) in [6.45, 7) is 0. The number of thioether (sulfide) groups is 1. The highest BCUT2D eigenvalue weighted by molar-refractivity contribution is 8.02. The Balaban J connectivity index is 2.19. The first kappa shape index (κ1) is 17.4. The van der Waals surface area contributed by atoms with Crippen LogP contribution < -0.4 is 14.8 Å². The molecule has 6 heteroatoms. The van der Waals surface area contributed by atoms with E-state index in [1.165, 1.54) is 11.8 Å². The maximum Gasteiger partial charge on any atom is 0.161 e. The number of carbonyl (C=O) groups is 1. The molecular formula is C19H20N2O3S. The molecule has 0 aromatic heterocycles. The van der Waals surface area contributed by atoms with Crippen LogP contribution >= 0.6 is 11.8 Å². The number of nitrogens with one attached hydrogen (secondary N) is 1. The number of allylic oxidation sites excluding steroid dienone is 3. The number of Topliss-reactive ketones (excluding diaryl/α,β-unsaturated/α-hetero) is 1. The van der Waals surface area contributed by atoms with Crippen LogP contribution in [-0.2, 0) is 4.79 Å². The van der Waals surface area contributed by atoms with Crippen molar-refractivity contribution < 1.29 is 14.3 Å². The molecule has 0 saturated heterocycles. The minimum absolute atomic E-state index is 0.112. The van der Waals surface area contributed by atoms with Crippen LogP contribution in [0.15, 0.2) is 40.1 Å². The fraction of sp³-hybridized carbons (Fsp3) is 0.368. The molecule has 0 radical (unpaired) electrons. The number of benzene rings is 1. The summed E-state index contributed by atoms with van der Waals surface area (Å²) in [5, 5.41) is 13.9. The molecule has 1 N–H and O–H groups in total. The topological polar surface area (TPSA) is 71.3 Å². The molecule has 0 fully saturated rings. The fourth-order valence-corrected chi connectivity index (χ4v) is 4.06. The van der Waals surface area contributed by atoms with Crippen molar-refractivity contribution >= 4 is 17.5 Å². The van der Waals surface area contributed by atoms with Crippen LogP contribution in [0.2, 0.25) is 0 Å². The van der Waals surface area contributed by atoms with Gasteiger partial charge < -0.3 is 14.8 Å². The Morgan fingerprint density at radius 3 is 2.64 bits per heavy atom. The molecule has 5 nitrogen and oxygen atoms in total. The number of hydrogen-bond donors (Lipinski definition) is 1. The third kappa shape index (κ3) is 3.00. The number of methoxy groups -OCH3 is 2. The van der Waals surface area contributed by atoms with Gasteiger partial charge in [-0.2, -0.15) is 5.26 Å². The summed E-state index contributed by atoms with van der Waals surface area (Å²) >= 11 is 1.50. The van der Waals surface area contributed by atoms with Crippen molar-refractivity contribution in [3.05, 3.63) is 45.6 Å². The second-order valence-electron chi connectivity index (χ2n) is 5.90. The molecular weight excluding hydrogens is 336 g/mol. The maximum absolute atomic E-state index is 12.7. The SMILES string of the molecule is COc1ccc([C@H]2C(C#N)=C(SC)NC3=C2C(=O)CCC3)cc1OC. The van der Waals surface area contributed by atoms with E-state index < -0.39 is 0 Å². The number of ketones is 1. The second-order valence-corrected chi connectivity index (χ2v) is 6.72. The molecule has 25 heavy (non-hydrogen) atoms. The number of nitrogens with zero attached hydrogens (tertiary/aromatic N) is 1. The lowest BCUT2D eigenvalue weighted by Crippen LogP contribution is -2.31. The van der Waals surface area contributed by atoms with Crippen LogP contribution in [0.5, 0.6) is 11.5 Å². The maximum atomic E-state index is 12.7. The van der Waals surface area contributed by atoms with Crippen molar-refractivity contribution in [2.45, 2.75) is 25.2 Å². The predicted octanol–water partition coefficient (Wildman–Crippen LogP) is 3.50. The zero-order valence-electron chi connectivity index (χ0n) is 14.5. The monoisotopic (exact) mass is 356 g/mol. The molecule has 0 saturated carbocycles. The molecule has 1 aromatic carbocycles. The van der Waals surface area contributed by atoms with Crippen LogP contribution in [0, 0.1) is 11.3 Å². The van der Waals surface area contributed by atoms with Gasteiger partial charge >= 0.3 is 0 Å². The van der Waals surface area contributed by atoms with Gasteiger partial charge in [-0.05, 0) is 36.8 Å². The summed E-state index contributed by atoms with van der Waals surface area (Å²) in [6, 6.07) is 7.89. The molecule has 0 amide bonds. The minimum Gasteiger partial charge on any atom is -0.493 e. The Hall–Kier alpha value is -2.39. The average molecular weight is 356 g/mol. The molecule has 1 aliphatic carbocycles. The summed E-state index contributed by atoms with van der Waals surface area (Å²) in [6.07, 6.45) is 4.12. The molecule has 0 spiro atoms. The van der Waals surface area contributed by atoms with Gasteiger partial charge in [-0.3, -0.25) is 4.79 Å². The van der Waals surface area contributed by atoms with Crippen molar-refractivity contribution in [2.24, 2.45) is 0 Å². The minimum atomic E-state index is -0.365. The summed E-state index contributed by atoms with van der Waals surface area (Å²) in [5.41, 5.74) is 3.10. The lowest BCUT2D eigenvalue weighted by atomic mass is 9.77. The molecule has 1 heterocycles. The Kier molecular flexibility index (Phi) is 5.05. The Labute approximate surface area is 151 Å². The van der Waals surface area contributed by atoms with Crippen molar-refractivity contribution in [2.75, 3.05) is 20.5 Å². The number of carbonyl (C=O) groups excluding carboxylic acids is 1. The van der Waals surface area contributed by atoms with E-state index in [4.69, 9.17) is 9.47 Å². The fourth-order valence-electron chi connectivity index (χ4n) is 3.45. The average Bonchev–Trinajstić information content (AvgIpc) is 2.66. The van der Waals surface area contributed by atoms with Crippen LogP contribution in [0.25, 0.3) is 0 Å². The van der Waals surface area contributed by atoms with Crippen molar-refractivity contribution in [3.63, 3.8) is 0 Å². The van der Waals surface area contributed by atoms with E-state index in [9.17, 15) is 10.1 Å². The van der Waals surface area contributed by atoms with Gasteiger partial charge in [0.15, 0.2) is 17.3 Å². The molecule has 3 rings (SSSR count). The molecule has 1 aliphatic heterocycles. The van der Waals surface area contributed by atoms with E-state index in [-0.39, 0.29) is 11.7 Å². The number of rotatable bonds is 4. The van der Waals surface area contributed by atoms with Gasteiger partial charge in [-0.25, -0.2) is 0 Å². The molecule has 130 valence electrons. The second kappa shape index (κ2) is 7.24. The van der Waals surface area contributed by atoms with E-state index in [1.807, 2.05) is 24.5 Å². The van der Waals surface area contributed by atoms with Crippen LogP contribution in [0.1, 0.15) is 30.7 Å². The normalized spacial score (nSPS) is 19.9. The van der Waals surface area contributed by atoms with Crippen LogP contribution in [-0.4, -0.2) is 26.3 Å². The zero-order chi connectivity index (χ0) is 18.0. The Morgan fingerprint density at radius 2 is 2.00 bits per heavy atom. The van der Waals surface area contributed by atoms with Gasteiger partial charge in [0.25, 0.3) is 0 Å². The highest BCUT2D eigenvalue weighted by Gasteiger charge is 2.37. The molecule has 1 aromatic rings. The first-order chi connectivity index (χ1) is 12.1.